The van der Waals surface area contributed by atoms with Crippen molar-refractivity contribution in [1.82, 2.24) is 5.32 Å². The lowest BCUT2D eigenvalue weighted by Crippen LogP contribution is -2.34. The van der Waals surface area contributed by atoms with E-state index in [1.54, 1.807) is 0 Å². The molecule has 0 unspecified atom stereocenters. The van der Waals surface area contributed by atoms with Gasteiger partial charge in [0.05, 0.1) is 12.6 Å². The van der Waals surface area contributed by atoms with Crippen LogP contribution in [0.3, 0.4) is 0 Å². The van der Waals surface area contributed by atoms with Crippen molar-refractivity contribution in [1.29, 1.82) is 0 Å². The molecule has 0 aliphatic carbocycles. The number of nitrogens with one attached hydrogen (secondary N) is 1. The molecule has 0 saturated heterocycles. The fourth-order valence-electron chi connectivity index (χ4n) is 1.98. The van der Waals surface area contributed by atoms with Crippen LogP contribution in [0.2, 0.25) is 0 Å². The molecule has 0 bridgehead atoms. The maximum atomic E-state index is 9.43. The van der Waals surface area contributed by atoms with Crippen LogP contribution in [0.15, 0.2) is 30.3 Å². The Morgan fingerprint density at radius 1 is 1.19 bits per heavy atom. The normalized spacial score (nSPS) is 14.7. The molecule has 0 aliphatic rings. The summed E-state index contributed by atoms with van der Waals surface area (Å²) in [4.78, 5) is 0. The smallest absolute Gasteiger partial charge is 0.0626 e. The Bertz CT molecular complexity index is 273. The number of rotatable bonds is 7. The third kappa shape index (κ3) is 3.95. The van der Waals surface area contributed by atoms with Crippen molar-refractivity contribution in [2.45, 2.75) is 45.2 Å². The average Bonchev–Trinajstić information content (AvgIpc) is 2.35. The van der Waals surface area contributed by atoms with Gasteiger partial charge < -0.3 is 10.4 Å². The quantitative estimate of drug-likeness (QED) is 0.742. The molecule has 2 heteroatoms. The largest absolute Gasteiger partial charge is 0.394 e. The van der Waals surface area contributed by atoms with E-state index in [-0.39, 0.29) is 12.6 Å². The molecule has 0 heterocycles. The van der Waals surface area contributed by atoms with Gasteiger partial charge in [0.1, 0.15) is 0 Å². The van der Waals surface area contributed by atoms with E-state index in [4.69, 9.17) is 0 Å². The predicted octanol–water partition coefficient (Wildman–Crippen LogP) is 2.89. The highest BCUT2D eigenvalue weighted by Crippen LogP contribution is 2.14. The Labute approximate surface area is 98.7 Å². The summed E-state index contributed by atoms with van der Waals surface area (Å²) in [5.41, 5.74) is 1.17. The zero-order valence-corrected chi connectivity index (χ0v) is 10.3. The summed E-state index contributed by atoms with van der Waals surface area (Å²) in [7, 11) is 0. The molecule has 90 valence electrons. The molecule has 16 heavy (non-hydrogen) atoms. The number of aliphatic hydroxyl groups excluding tert-OH is 1. The van der Waals surface area contributed by atoms with Gasteiger partial charge in [-0.15, -0.1) is 0 Å². The zero-order chi connectivity index (χ0) is 11.8. The molecule has 0 aromatic heterocycles. The zero-order valence-electron chi connectivity index (χ0n) is 10.3. The van der Waals surface area contributed by atoms with Crippen LogP contribution < -0.4 is 5.32 Å². The molecule has 0 spiro atoms. The maximum absolute atomic E-state index is 9.43. The Morgan fingerprint density at radius 2 is 1.88 bits per heavy atom. The van der Waals surface area contributed by atoms with Gasteiger partial charge in [0, 0.05) is 6.04 Å². The third-order valence-corrected chi connectivity index (χ3v) is 2.95. The highest BCUT2D eigenvalue weighted by molar-refractivity contribution is 5.19. The van der Waals surface area contributed by atoms with E-state index in [1.165, 1.54) is 18.4 Å². The molecule has 0 amide bonds. The van der Waals surface area contributed by atoms with Gasteiger partial charge in [-0.25, -0.2) is 0 Å². The Morgan fingerprint density at radius 3 is 2.38 bits per heavy atom. The van der Waals surface area contributed by atoms with Gasteiger partial charge in [-0.05, 0) is 18.4 Å². The first-order chi connectivity index (χ1) is 7.81. The van der Waals surface area contributed by atoms with Crippen LogP contribution in [0.5, 0.6) is 0 Å². The summed E-state index contributed by atoms with van der Waals surface area (Å²) in [5, 5.41) is 13.0. The van der Waals surface area contributed by atoms with Crippen LogP contribution >= 0.6 is 0 Å². The minimum Gasteiger partial charge on any atom is -0.394 e. The minimum absolute atomic E-state index is 0.0673. The molecule has 0 radical (unpaired) electrons. The summed E-state index contributed by atoms with van der Waals surface area (Å²) in [6, 6.07) is 10.7. The molecule has 0 fully saturated rings. The molecule has 2 N–H and O–H groups in total. The van der Waals surface area contributed by atoms with Crippen molar-refractivity contribution in [3.63, 3.8) is 0 Å². The van der Waals surface area contributed by atoms with Crippen LogP contribution in [0, 0.1) is 0 Å². The van der Waals surface area contributed by atoms with Gasteiger partial charge in [0.15, 0.2) is 0 Å². The molecular weight excluding hydrogens is 198 g/mol. The van der Waals surface area contributed by atoms with Gasteiger partial charge in [0.2, 0.25) is 0 Å². The van der Waals surface area contributed by atoms with Crippen molar-refractivity contribution in [3.8, 4) is 0 Å². The monoisotopic (exact) mass is 221 g/mol. The molecule has 0 saturated carbocycles. The summed E-state index contributed by atoms with van der Waals surface area (Å²) < 4.78 is 0. The first-order valence-corrected chi connectivity index (χ1v) is 6.23. The Kier molecular flexibility index (Phi) is 6.12. The van der Waals surface area contributed by atoms with Crippen LogP contribution in [0.25, 0.3) is 0 Å². The van der Waals surface area contributed by atoms with Crippen LogP contribution in [-0.4, -0.2) is 17.8 Å². The second-order valence-electron chi connectivity index (χ2n) is 4.21. The highest BCUT2D eigenvalue weighted by atomic mass is 16.3. The van der Waals surface area contributed by atoms with Crippen molar-refractivity contribution in [3.05, 3.63) is 35.9 Å². The van der Waals surface area contributed by atoms with Crippen molar-refractivity contribution in [2.75, 3.05) is 6.61 Å². The number of aliphatic hydroxyl groups is 1. The van der Waals surface area contributed by atoms with Crippen LogP contribution in [0.4, 0.5) is 0 Å². The van der Waals surface area contributed by atoms with E-state index >= 15 is 0 Å². The van der Waals surface area contributed by atoms with Crippen molar-refractivity contribution >= 4 is 0 Å². The minimum atomic E-state index is 0.0673. The summed E-state index contributed by atoms with van der Waals surface area (Å²) in [6.45, 7) is 4.54. The van der Waals surface area contributed by atoms with Gasteiger partial charge in [-0.3, -0.25) is 0 Å². The standard InChI is InChI=1S/C14H23NO/c1-3-8-13(4-2)15-14(11-16)12-9-6-5-7-10-12/h5-7,9-10,13-16H,3-4,8,11H2,1-2H3/t13-,14-/m1/s1. The van der Waals surface area contributed by atoms with Gasteiger partial charge >= 0.3 is 0 Å². The third-order valence-electron chi connectivity index (χ3n) is 2.95. The number of benzene rings is 1. The lowest BCUT2D eigenvalue weighted by molar-refractivity contribution is 0.228. The first kappa shape index (κ1) is 13.2. The van der Waals surface area contributed by atoms with Crippen LogP contribution in [0.1, 0.15) is 44.7 Å². The molecule has 1 aromatic carbocycles. The Hall–Kier alpha value is -0.860. The Balaban J connectivity index is 2.61. The van der Waals surface area contributed by atoms with Gasteiger partial charge in [0.25, 0.3) is 0 Å². The SMILES string of the molecule is CCC[C@@H](CC)N[C@H](CO)c1ccccc1. The fraction of sp³-hybridized carbons (Fsp3) is 0.571. The average molecular weight is 221 g/mol. The summed E-state index contributed by atoms with van der Waals surface area (Å²) >= 11 is 0. The predicted molar refractivity (Wildman–Crippen MR) is 68.4 cm³/mol. The van der Waals surface area contributed by atoms with E-state index in [9.17, 15) is 5.11 Å². The molecule has 2 nitrogen and oxygen atoms in total. The van der Waals surface area contributed by atoms with E-state index in [0.29, 0.717) is 6.04 Å². The fourth-order valence-corrected chi connectivity index (χ4v) is 1.98. The number of hydrogen-bond donors (Lipinski definition) is 2. The van der Waals surface area contributed by atoms with Crippen LogP contribution in [-0.2, 0) is 0 Å². The van der Waals surface area contributed by atoms with E-state index < -0.39 is 0 Å². The summed E-state index contributed by atoms with van der Waals surface area (Å²) in [5.74, 6) is 0. The molecule has 0 aliphatic heterocycles. The molecular formula is C14H23NO. The van der Waals surface area contributed by atoms with Crippen molar-refractivity contribution < 1.29 is 5.11 Å². The van der Waals surface area contributed by atoms with E-state index in [1.807, 2.05) is 18.2 Å². The lowest BCUT2D eigenvalue weighted by Gasteiger charge is -2.23. The highest BCUT2D eigenvalue weighted by Gasteiger charge is 2.13. The molecule has 2 atom stereocenters. The van der Waals surface area contributed by atoms with E-state index in [0.717, 1.165) is 6.42 Å². The molecule has 1 aromatic rings. The second-order valence-corrected chi connectivity index (χ2v) is 4.21. The van der Waals surface area contributed by atoms with Gasteiger partial charge in [-0.2, -0.15) is 0 Å². The lowest BCUT2D eigenvalue weighted by atomic mass is 10.0. The molecule has 1 rings (SSSR count). The first-order valence-electron chi connectivity index (χ1n) is 6.23. The van der Waals surface area contributed by atoms with Gasteiger partial charge in [-0.1, -0.05) is 50.6 Å². The van der Waals surface area contributed by atoms with E-state index in [2.05, 4.69) is 31.3 Å². The number of hydrogen-bond acceptors (Lipinski definition) is 2. The topological polar surface area (TPSA) is 32.3 Å². The maximum Gasteiger partial charge on any atom is 0.0626 e. The second kappa shape index (κ2) is 7.42. The summed E-state index contributed by atoms with van der Waals surface area (Å²) in [6.07, 6.45) is 3.45. The van der Waals surface area contributed by atoms with Crippen molar-refractivity contribution in [2.24, 2.45) is 0 Å².